The number of carboxylic acids is 1. The molecule has 2 N–H and O–H groups in total. The smallest absolute Gasteiger partial charge is 0.354 e. The van der Waals surface area contributed by atoms with Crippen LogP contribution in [0, 0.1) is 0 Å². The fraction of sp³-hybridized carbons (Fsp3) is 0.571. The Morgan fingerprint density at radius 3 is 2.68 bits per heavy atom. The van der Waals surface area contributed by atoms with Crippen LogP contribution in [-0.2, 0) is 0 Å². The largest absolute Gasteiger partial charge is 0.477 e. The van der Waals surface area contributed by atoms with E-state index in [1.807, 2.05) is 11.0 Å². The van der Waals surface area contributed by atoms with E-state index in [4.69, 9.17) is 5.11 Å². The van der Waals surface area contributed by atoms with E-state index in [1.165, 1.54) is 25.3 Å². The molecule has 0 spiro atoms. The molecule has 1 aromatic rings. The van der Waals surface area contributed by atoms with E-state index in [0.717, 1.165) is 12.8 Å². The lowest BCUT2D eigenvalue weighted by Gasteiger charge is -2.35. The summed E-state index contributed by atoms with van der Waals surface area (Å²) in [6.45, 7) is 0.552. The van der Waals surface area contributed by atoms with Gasteiger partial charge in [-0.15, -0.1) is 0 Å². The van der Waals surface area contributed by atoms with Gasteiger partial charge in [-0.3, -0.25) is 0 Å². The monoisotopic (exact) mass is 264 g/mol. The number of aliphatic hydroxyl groups excluding tert-OH is 1. The quantitative estimate of drug-likeness (QED) is 0.849. The number of hydrogen-bond acceptors (Lipinski definition) is 4. The Balaban J connectivity index is 2.22. The van der Waals surface area contributed by atoms with E-state index in [0.29, 0.717) is 18.4 Å². The average Bonchev–Trinajstić information content (AvgIpc) is 2.46. The maximum Gasteiger partial charge on any atom is 0.354 e. The molecule has 0 aliphatic heterocycles. The van der Waals surface area contributed by atoms with Gasteiger partial charge in [0.15, 0.2) is 5.69 Å². The Kier molecular flexibility index (Phi) is 4.74. The molecule has 0 amide bonds. The van der Waals surface area contributed by atoms with Gasteiger partial charge in [0.1, 0.15) is 5.82 Å². The van der Waals surface area contributed by atoms with Crippen molar-refractivity contribution in [1.29, 1.82) is 0 Å². The van der Waals surface area contributed by atoms with Crippen molar-refractivity contribution >= 4 is 11.8 Å². The van der Waals surface area contributed by atoms with Crippen molar-refractivity contribution in [1.82, 2.24) is 4.98 Å². The van der Waals surface area contributed by atoms with Crippen LogP contribution in [0.4, 0.5) is 5.82 Å². The third-order valence-corrected chi connectivity index (χ3v) is 3.60. The van der Waals surface area contributed by atoms with Crippen molar-refractivity contribution in [2.45, 2.75) is 38.1 Å². The number of aromatic carboxylic acids is 1. The molecule has 5 heteroatoms. The van der Waals surface area contributed by atoms with Crippen LogP contribution in [0.25, 0.3) is 0 Å². The van der Waals surface area contributed by atoms with Gasteiger partial charge in [-0.25, -0.2) is 9.78 Å². The molecule has 0 atom stereocenters. The van der Waals surface area contributed by atoms with E-state index in [2.05, 4.69) is 4.98 Å². The van der Waals surface area contributed by atoms with Gasteiger partial charge >= 0.3 is 5.97 Å². The third kappa shape index (κ3) is 3.44. The molecule has 1 aromatic heterocycles. The summed E-state index contributed by atoms with van der Waals surface area (Å²) in [7, 11) is 0. The Labute approximate surface area is 112 Å². The first-order valence-electron chi connectivity index (χ1n) is 6.80. The van der Waals surface area contributed by atoms with E-state index >= 15 is 0 Å². The second kappa shape index (κ2) is 6.52. The number of nitrogens with zero attached hydrogens (tertiary/aromatic N) is 2. The van der Waals surface area contributed by atoms with Crippen LogP contribution in [0.15, 0.2) is 18.2 Å². The van der Waals surface area contributed by atoms with E-state index in [9.17, 15) is 9.90 Å². The van der Waals surface area contributed by atoms with Gasteiger partial charge in [-0.1, -0.05) is 25.3 Å². The van der Waals surface area contributed by atoms with Gasteiger partial charge in [0.05, 0.1) is 6.61 Å². The van der Waals surface area contributed by atoms with Gasteiger partial charge in [-0.2, -0.15) is 0 Å². The average molecular weight is 264 g/mol. The molecule has 1 aliphatic carbocycles. The lowest BCUT2D eigenvalue weighted by molar-refractivity contribution is 0.0690. The number of rotatable bonds is 5. The number of carboxylic acid groups (broad SMARTS) is 1. The minimum absolute atomic E-state index is 0.0511. The van der Waals surface area contributed by atoms with Gasteiger partial charge < -0.3 is 15.1 Å². The number of aliphatic hydroxyl groups is 1. The lowest BCUT2D eigenvalue weighted by atomic mass is 9.94. The predicted molar refractivity (Wildman–Crippen MR) is 72.5 cm³/mol. The van der Waals surface area contributed by atoms with Crippen LogP contribution in [0.5, 0.6) is 0 Å². The molecular formula is C14H20N2O3. The standard InChI is InChI=1S/C14H20N2O3/c17-10-9-16(11-5-2-1-3-6-11)13-8-4-7-12(15-13)14(18)19/h4,7-8,11,17H,1-3,5-6,9-10H2,(H,18,19). The number of pyridine rings is 1. The molecule has 1 fully saturated rings. The van der Waals surface area contributed by atoms with E-state index in [-0.39, 0.29) is 12.3 Å². The molecule has 1 heterocycles. The molecular weight excluding hydrogens is 244 g/mol. The van der Waals surface area contributed by atoms with Crippen molar-refractivity contribution < 1.29 is 15.0 Å². The first kappa shape index (κ1) is 13.8. The number of carbonyl (C=O) groups is 1. The van der Waals surface area contributed by atoms with Gasteiger partial charge in [0.2, 0.25) is 0 Å². The Morgan fingerprint density at radius 1 is 1.32 bits per heavy atom. The maximum atomic E-state index is 11.0. The zero-order chi connectivity index (χ0) is 13.7. The molecule has 0 saturated heterocycles. The summed E-state index contributed by atoms with van der Waals surface area (Å²) in [4.78, 5) is 17.2. The molecule has 2 rings (SSSR count). The number of hydrogen-bond donors (Lipinski definition) is 2. The highest BCUT2D eigenvalue weighted by molar-refractivity contribution is 5.85. The maximum absolute atomic E-state index is 11.0. The Morgan fingerprint density at radius 2 is 2.05 bits per heavy atom. The lowest BCUT2D eigenvalue weighted by Crippen LogP contribution is -2.39. The summed E-state index contributed by atoms with van der Waals surface area (Å²) in [5.41, 5.74) is 0.0521. The van der Waals surface area contributed by atoms with Crippen molar-refractivity contribution in [2.75, 3.05) is 18.1 Å². The Hall–Kier alpha value is -1.62. The Bertz CT molecular complexity index is 430. The normalized spacial score (nSPS) is 16.3. The molecule has 0 aromatic carbocycles. The zero-order valence-electron chi connectivity index (χ0n) is 11.0. The number of anilines is 1. The molecule has 5 nitrogen and oxygen atoms in total. The van der Waals surface area contributed by atoms with Crippen LogP contribution in [0.1, 0.15) is 42.6 Å². The molecule has 0 bridgehead atoms. The minimum Gasteiger partial charge on any atom is -0.477 e. The molecule has 1 aliphatic rings. The van der Waals surface area contributed by atoms with Crippen molar-refractivity contribution in [3.05, 3.63) is 23.9 Å². The summed E-state index contributed by atoms with van der Waals surface area (Å²) in [6.07, 6.45) is 5.79. The van der Waals surface area contributed by atoms with Gasteiger partial charge in [0, 0.05) is 12.6 Å². The number of aromatic nitrogens is 1. The van der Waals surface area contributed by atoms with Crippen LogP contribution in [-0.4, -0.2) is 40.4 Å². The summed E-state index contributed by atoms with van der Waals surface area (Å²) in [5, 5.41) is 18.2. The molecule has 19 heavy (non-hydrogen) atoms. The predicted octanol–water partition coefficient (Wildman–Crippen LogP) is 1.91. The molecule has 1 saturated carbocycles. The van der Waals surface area contributed by atoms with Crippen LogP contribution in [0.2, 0.25) is 0 Å². The zero-order valence-corrected chi connectivity index (χ0v) is 11.0. The fourth-order valence-corrected chi connectivity index (χ4v) is 2.69. The molecule has 0 unspecified atom stereocenters. The van der Waals surface area contributed by atoms with E-state index in [1.54, 1.807) is 6.07 Å². The summed E-state index contributed by atoms with van der Waals surface area (Å²) in [5.74, 6) is -0.365. The van der Waals surface area contributed by atoms with Crippen LogP contribution < -0.4 is 4.90 Å². The summed E-state index contributed by atoms with van der Waals surface area (Å²) in [6, 6.07) is 5.37. The minimum atomic E-state index is -1.02. The van der Waals surface area contributed by atoms with Crippen molar-refractivity contribution in [3.63, 3.8) is 0 Å². The summed E-state index contributed by atoms with van der Waals surface area (Å²) >= 11 is 0. The van der Waals surface area contributed by atoms with Gasteiger partial charge in [-0.05, 0) is 25.0 Å². The fourth-order valence-electron chi connectivity index (χ4n) is 2.69. The second-order valence-electron chi connectivity index (χ2n) is 4.90. The topological polar surface area (TPSA) is 73.7 Å². The molecule has 104 valence electrons. The van der Waals surface area contributed by atoms with Crippen molar-refractivity contribution in [3.8, 4) is 0 Å². The van der Waals surface area contributed by atoms with Crippen LogP contribution in [0.3, 0.4) is 0 Å². The SMILES string of the molecule is O=C(O)c1cccc(N(CCO)C2CCCCC2)n1. The summed E-state index contributed by atoms with van der Waals surface area (Å²) < 4.78 is 0. The third-order valence-electron chi connectivity index (χ3n) is 3.60. The van der Waals surface area contributed by atoms with Gasteiger partial charge in [0.25, 0.3) is 0 Å². The van der Waals surface area contributed by atoms with Crippen LogP contribution >= 0.6 is 0 Å². The highest BCUT2D eigenvalue weighted by Crippen LogP contribution is 2.26. The highest BCUT2D eigenvalue weighted by Gasteiger charge is 2.22. The second-order valence-corrected chi connectivity index (χ2v) is 4.90. The van der Waals surface area contributed by atoms with E-state index < -0.39 is 5.97 Å². The first-order valence-corrected chi connectivity index (χ1v) is 6.80. The van der Waals surface area contributed by atoms with Crippen molar-refractivity contribution in [2.24, 2.45) is 0 Å². The first-order chi connectivity index (χ1) is 9.22. The molecule has 0 radical (unpaired) electrons. The highest BCUT2D eigenvalue weighted by atomic mass is 16.4.